The molecular weight excluding hydrogens is 364 g/mol. The molecule has 0 radical (unpaired) electrons. The van der Waals surface area contributed by atoms with E-state index in [2.05, 4.69) is 24.1 Å². The number of hydrogen-bond donors (Lipinski definition) is 0. The summed E-state index contributed by atoms with van der Waals surface area (Å²) in [4.78, 5) is 17.2. The smallest absolute Gasteiger partial charge is 0.253 e. The summed E-state index contributed by atoms with van der Waals surface area (Å²) in [6.07, 6.45) is 5.74. The van der Waals surface area contributed by atoms with Gasteiger partial charge in [-0.05, 0) is 80.7 Å². The van der Waals surface area contributed by atoms with Crippen molar-refractivity contribution >= 4 is 16.7 Å². The van der Waals surface area contributed by atoms with Gasteiger partial charge < -0.3 is 19.3 Å². The summed E-state index contributed by atoms with van der Waals surface area (Å²) < 4.78 is 11.4. The zero-order valence-corrected chi connectivity index (χ0v) is 17.6. The Labute approximate surface area is 173 Å². The zero-order valence-electron chi connectivity index (χ0n) is 17.6. The van der Waals surface area contributed by atoms with E-state index in [0.717, 1.165) is 61.0 Å². The van der Waals surface area contributed by atoms with Crippen molar-refractivity contribution in [2.75, 3.05) is 40.4 Å². The normalized spacial score (nSPS) is 21.0. The quantitative estimate of drug-likeness (QED) is 0.741. The molecule has 0 aliphatic carbocycles. The molecule has 0 bridgehead atoms. The molecule has 1 unspecified atom stereocenters. The molecule has 5 nitrogen and oxygen atoms in total. The van der Waals surface area contributed by atoms with Gasteiger partial charge in [0.1, 0.15) is 5.75 Å². The molecule has 4 rings (SSSR count). The van der Waals surface area contributed by atoms with Crippen LogP contribution in [-0.4, -0.2) is 68.3 Å². The maximum atomic E-state index is 12.9. The topological polar surface area (TPSA) is 42.0 Å². The van der Waals surface area contributed by atoms with Gasteiger partial charge in [-0.2, -0.15) is 0 Å². The average molecular weight is 397 g/mol. The molecule has 156 valence electrons. The van der Waals surface area contributed by atoms with Crippen LogP contribution in [0.2, 0.25) is 0 Å². The Hall–Kier alpha value is -2.11. The number of likely N-dealkylation sites (tertiary alicyclic amines) is 2. The van der Waals surface area contributed by atoms with E-state index in [4.69, 9.17) is 9.47 Å². The van der Waals surface area contributed by atoms with Crippen LogP contribution in [0.25, 0.3) is 10.8 Å². The first-order chi connectivity index (χ1) is 14.1. The van der Waals surface area contributed by atoms with Crippen LogP contribution < -0.4 is 4.74 Å². The van der Waals surface area contributed by atoms with Crippen molar-refractivity contribution in [1.82, 2.24) is 9.80 Å². The van der Waals surface area contributed by atoms with Crippen molar-refractivity contribution in [2.45, 2.75) is 44.2 Å². The summed E-state index contributed by atoms with van der Waals surface area (Å²) in [6, 6.07) is 12.8. The largest absolute Gasteiger partial charge is 0.494 e. The van der Waals surface area contributed by atoms with E-state index in [-0.39, 0.29) is 12.0 Å². The number of amides is 1. The van der Waals surface area contributed by atoms with Gasteiger partial charge in [0.25, 0.3) is 5.91 Å². The highest BCUT2D eigenvalue weighted by molar-refractivity contribution is 5.98. The summed E-state index contributed by atoms with van der Waals surface area (Å²) in [6.45, 7) is 3.47. The number of methoxy groups -OCH3 is 1. The lowest BCUT2D eigenvalue weighted by Crippen LogP contribution is -2.40. The predicted octanol–water partition coefficient (Wildman–Crippen LogP) is 3.95. The number of piperidine rings is 1. The minimum atomic E-state index is 0.113. The number of fused-ring (bicyclic) bond motifs is 1. The van der Waals surface area contributed by atoms with Gasteiger partial charge in [-0.15, -0.1) is 0 Å². The number of nitrogens with zero attached hydrogens (tertiary/aromatic N) is 2. The van der Waals surface area contributed by atoms with Gasteiger partial charge in [0.05, 0.1) is 12.7 Å². The van der Waals surface area contributed by atoms with E-state index in [0.29, 0.717) is 6.04 Å². The van der Waals surface area contributed by atoms with Crippen molar-refractivity contribution in [2.24, 2.45) is 0 Å². The van der Waals surface area contributed by atoms with Crippen LogP contribution in [-0.2, 0) is 4.74 Å². The standard InChI is InChI=1S/C24H32N2O3/c1-25-12-3-4-21(25)11-15-29-23-8-7-18-16-20(6-5-19(18)17-23)24(27)26-13-9-22(28-2)10-14-26/h5-8,16-17,21-22H,3-4,9-15H2,1-2H3. The molecule has 1 amide bonds. The second-order valence-corrected chi connectivity index (χ2v) is 8.36. The van der Waals surface area contributed by atoms with Crippen molar-refractivity contribution < 1.29 is 14.3 Å². The van der Waals surface area contributed by atoms with Crippen LogP contribution in [0.3, 0.4) is 0 Å². The van der Waals surface area contributed by atoms with Crippen molar-refractivity contribution in [3.8, 4) is 5.75 Å². The van der Waals surface area contributed by atoms with E-state index >= 15 is 0 Å². The third kappa shape index (κ3) is 4.73. The highest BCUT2D eigenvalue weighted by Crippen LogP contribution is 2.25. The lowest BCUT2D eigenvalue weighted by atomic mass is 10.0. The lowest BCUT2D eigenvalue weighted by molar-refractivity contribution is 0.0351. The van der Waals surface area contributed by atoms with Crippen LogP contribution in [0.15, 0.2) is 36.4 Å². The first-order valence-corrected chi connectivity index (χ1v) is 10.8. The molecule has 2 aromatic rings. The molecule has 1 atom stereocenters. The summed E-state index contributed by atoms with van der Waals surface area (Å²) >= 11 is 0. The Morgan fingerprint density at radius 2 is 1.79 bits per heavy atom. The second-order valence-electron chi connectivity index (χ2n) is 8.36. The second kappa shape index (κ2) is 9.14. The number of carbonyl (C=O) groups excluding carboxylic acids is 1. The van der Waals surface area contributed by atoms with Gasteiger partial charge in [-0.3, -0.25) is 4.79 Å². The maximum absolute atomic E-state index is 12.9. The third-order valence-corrected chi connectivity index (χ3v) is 6.51. The first kappa shape index (κ1) is 20.2. The number of rotatable bonds is 6. The molecule has 0 aromatic heterocycles. The van der Waals surface area contributed by atoms with Crippen LogP contribution in [0.4, 0.5) is 0 Å². The molecule has 2 heterocycles. The number of hydrogen-bond acceptors (Lipinski definition) is 4. The lowest BCUT2D eigenvalue weighted by Gasteiger charge is -2.31. The fourth-order valence-electron chi connectivity index (χ4n) is 4.58. The van der Waals surface area contributed by atoms with Gasteiger partial charge in [-0.1, -0.05) is 12.1 Å². The predicted molar refractivity (Wildman–Crippen MR) is 116 cm³/mol. The van der Waals surface area contributed by atoms with Crippen LogP contribution >= 0.6 is 0 Å². The highest BCUT2D eigenvalue weighted by Gasteiger charge is 2.23. The van der Waals surface area contributed by atoms with Crippen molar-refractivity contribution in [1.29, 1.82) is 0 Å². The van der Waals surface area contributed by atoms with Gasteiger partial charge in [0.15, 0.2) is 0 Å². The van der Waals surface area contributed by atoms with Crippen molar-refractivity contribution in [3.05, 3.63) is 42.0 Å². The Balaban J connectivity index is 1.37. The molecule has 2 aromatic carbocycles. The van der Waals surface area contributed by atoms with Crippen LogP contribution in [0.5, 0.6) is 5.75 Å². The first-order valence-electron chi connectivity index (χ1n) is 10.8. The van der Waals surface area contributed by atoms with E-state index in [9.17, 15) is 4.79 Å². The van der Waals surface area contributed by atoms with Crippen LogP contribution in [0.1, 0.15) is 42.5 Å². The summed E-state index contributed by atoms with van der Waals surface area (Å²) in [7, 11) is 3.95. The molecule has 0 saturated carbocycles. The highest BCUT2D eigenvalue weighted by atomic mass is 16.5. The van der Waals surface area contributed by atoms with E-state index in [1.54, 1.807) is 7.11 Å². The molecule has 0 spiro atoms. The third-order valence-electron chi connectivity index (χ3n) is 6.51. The van der Waals surface area contributed by atoms with E-state index in [1.165, 1.54) is 19.4 Å². The molecule has 2 aliphatic rings. The molecule has 29 heavy (non-hydrogen) atoms. The number of ether oxygens (including phenoxy) is 2. The molecule has 5 heteroatoms. The average Bonchev–Trinajstić information content (AvgIpc) is 3.17. The maximum Gasteiger partial charge on any atom is 0.253 e. The van der Waals surface area contributed by atoms with E-state index in [1.807, 2.05) is 29.2 Å². The Bertz CT molecular complexity index is 845. The number of benzene rings is 2. The van der Waals surface area contributed by atoms with Gasteiger partial charge >= 0.3 is 0 Å². The minimum Gasteiger partial charge on any atom is -0.494 e. The monoisotopic (exact) mass is 396 g/mol. The van der Waals surface area contributed by atoms with Gasteiger partial charge in [0.2, 0.25) is 0 Å². The SMILES string of the molecule is COC1CCN(C(=O)c2ccc3cc(OCCC4CCCN4C)ccc3c2)CC1. The fraction of sp³-hybridized carbons (Fsp3) is 0.542. The molecular formula is C24H32N2O3. The Morgan fingerprint density at radius 3 is 2.52 bits per heavy atom. The zero-order chi connectivity index (χ0) is 20.2. The van der Waals surface area contributed by atoms with Crippen molar-refractivity contribution in [3.63, 3.8) is 0 Å². The Morgan fingerprint density at radius 1 is 1.03 bits per heavy atom. The summed E-state index contributed by atoms with van der Waals surface area (Å²) in [5.41, 5.74) is 0.756. The van der Waals surface area contributed by atoms with Gasteiger partial charge in [0, 0.05) is 31.8 Å². The van der Waals surface area contributed by atoms with Crippen LogP contribution in [0, 0.1) is 0 Å². The molecule has 2 saturated heterocycles. The van der Waals surface area contributed by atoms with E-state index < -0.39 is 0 Å². The minimum absolute atomic E-state index is 0.113. The molecule has 2 aliphatic heterocycles. The van der Waals surface area contributed by atoms with Gasteiger partial charge in [-0.25, -0.2) is 0 Å². The molecule has 2 fully saturated rings. The number of carbonyl (C=O) groups is 1. The fourth-order valence-corrected chi connectivity index (χ4v) is 4.58. The molecule has 0 N–H and O–H groups in total. The summed E-state index contributed by atoms with van der Waals surface area (Å²) in [5.74, 6) is 1.02. The summed E-state index contributed by atoms with van der Waals surface area (Å²) in [5, 5.41) is 2.18. The Kier molecular flexibility index (Phi) is 6.36.